The Bertz CT molecular complexity index is 445. The highest BCUT2D eigenvalue weighted by molar-refractivity contribution is 5.78. The van der Waals surface area contributed by atoms with Crippen LogP contribution in [0.5, 0.6) is 0 Å². The molecule has 1 fully saturated rings. The molecule has 1 aliphatic heterocycles. The van der Waals surface area contributed by atoms with Crippen molar-refractivity contribution in [3.8, 4) is 0 Å². The standard InChI is InChI=1S/C16H24N2O/c1-16(2,3)13-8-6-12(7-9-13)14-5-4-10-18(14)15(19)11-17/h6-9,14H,4-5,10-11,17H2,1-3H3. The fourth-order valence-electron chi connectivity index (χ4n) is 2.73. The number of carbonyl (C=O) groups excluding carboxylic acids is 1. The molecule has 104 valence electrons. The van der Waals surface area contributed by atoms with Crippen LogP contribution in [0.3, 0.4) is 0 Å². The maximum Gasteiger partial charge on any atom is 0.236 e. The molecule has 1 aromatic rings. The summed E-state index contributed by atoms with van der Waals surface area (Å²) in [4.78, 5) is 13.7. The van der Waals surface area contributed by atoms with Gasteiger partial charge in [-0.3, -0.25) is 4.79 Å². The van der Waals surface area contributed by atoms with Gasteiger partial charge in [-0.15, -0.1) is 0 Å². The minimum Gasteiger partial charge on any atom is -0.335 e. The smallest absolute Gasteiger partial charge is 0.236 e. The molecule has 0 spiro atoms. The second kappa shape index (κ2) is 5.33. The second-order valence-electron chi connectivity index (χ2n) is 6.32. The van der Waals surface area contributed by atoms with Crippen molar-refractivity contribution < 1.29 is 4.79 Å². The second-order valence-corrected chi connectivity index (χ2v) is 6.32. The van der Waals surface area contributed by atoms with Crippen LogP contribution in [0.25, 0.3) is 0 Å². The van der Waals surface area contributed by atoms with E-state index < -0.39 is 0 Å². The summed E-state index contributed by atoms with van der Waals surface area (Å²) in [7, 11) is 0. The van der Waals surface area contributed by atoms with Gasteiger partial charge in [-0.1, -0.05) is 45.0 Å². The van der Waals surface area contributed by atoms with Crippen molar-refractivity contribution in [2.24, 2.45) is 5.73 Å². The summed E-state index contributed by atoms with van der Waals surface area (Å²) in [5, 5.41) is 0. The summed E-state index contributed by atoms with van der Waals surface area (Å²) in [6.45, 7) is 7.57. The summed E-state index contributed by atoms with van der Waals surface area (Å²) in [6, 6.07) is 8.89. The zero-order valence-corrected chi connectivity index (χ0v) is 12.1. The van der Waals surface area contributed by atoms with Gasteiger partial charge in [0, 0.05) is 6.54 Å². The van der Waals surface area contributed by atoms with E-state index in [0.717, 1.165) is 19.4 Å². The molecular weight excluding hydrogens is 236 g/mol. The topological polar surface area (TPSA) is 46.3 Å². The highest BCUT2D eigenvalue weighted by atomic mass is 16.2. The van der Waals surface area contributed by atoms with Crippen LogP contribution in [0, 0.1) is 0 Å². The highest BCUT2D eigenvalue weighted by Crippen LogP contribution is 2.33. The predicted octanol–water partition coefficient (Wildman–Crippen LogP) is 2.61. The lowest BCUT2D eigenvalue weighted by molar-refractivity contribution is -0.130. The molecule has 1 amide bonds. The number of benzene rings is 1. The third kappa shape index (κ3) is 2.98. The zero-order valence-electron chi connectivity index (χ0n) is 12.1. The van der Waals surface area contributed by atoms with Crippen molar-refractivity contribution in [1.29, 1.82) is 0 Å². The Balaban J connectivity index is 2.20. The summed E-state index contributed by atoms with van der Waals surface area (Å²) in [5.41, 5.74) is 8.20. The Hall–Kier alpha value is -1.35. The minimum absolute atomic E-state index is 0.0578. The lowest BCUT2D eigenvalue weighted by atomic mass is 9.86. The van der Waals surface area contributed by atoms with Gasteiger partial charge in [0.05, 0.1) is 12.6 Å². The van der Waals surface area contributed by atoms with Crippen LogP contribution in [0.2, 0.25) is 0 Å². The summed E-state index contributed by atoms with van der Waals surface area (Å²) in [5.74, 6) is 0.0578. The van der Waals surface area contributed by atoms with E-state index in [9.17, 15) is 4.79 Å². The molecule has 1 heterocycles. The summed E-state index contributed by atoms with van der Waals surface area (Å²) < 4.78 is 0. The molecule has 0 aliphatic carbocycles. The number of nitrogens with two attached hydrogens (primary N) is 1. The van der Waals surface area contributed by atoms with Crippen LogP contribution in [0.15, 0.2) is 24.3 Å². The van der Waals surface area contributed by atoms with Gasteiger partial charge in [-0.05, 0) is 29.4 Å². The molecule has 3 nitrogen and oxygen atoms in total. The van der Waals surface area contributed by atoms with Crippen molar-refractivity contribution in [2.45, 2.75) is 45.1 Å². The maximum absolute atomic E-state index is 11.8. The number of amides is 1. The lowest BCUT2D eigenvalue weighted by Gasteiger charge is -2.26. The summed E-state index contributed by atoms with van der Waals surface area (Å²) in [6.07, 6.45) is 2.11. The van der Waals surface area contributed by atoms with Gasteiger partial charge in [0.15, 0.2) is 0 Å². The van der Waals surface area contributed by atoms with E-state index in [1.165, 1.54) is 11.1 Å². The van der Waals surface area contributed by atoms with Gasteiger partial charge in [0.25, 0.3) is 0 Å². The van der Waals surface area contributed by atoms with E-state index in [1.807, 2.05) is 4.90 Å². The normalized spacial score (nSPS) is 19.8. The molecule has 0 bridgehead atoms. The average molecular weight is 260 g/mol. The molecule has 1 saturated heterocycles. The number of carbonyl (C=O) groups is 1. The number of nitrogens with zero attached hydrogens (tertiary/aromatic N) is 1. The van der Waals surface area contributed by atoms with Gasteiger partial charge in [-0.25, -0.2) is 0 Å². The lowest BCUT2D eigenvalue weighted by Crippen LogP contribution is -2.35. The molecule has 0 aromatic heterocycles. The number of rotatable bonds is 2. The quantitative estimate of drug-likeness (QED) is 0.888. The first-order valence-corrected chi connectivity index (χ1v) is 7.03. The molecular formula is C16H24N2O. The van der Waals surface area contributed by atoms with Crippen molar-refractivity contribution in [1.82, 2.24) is 4.90 Å². The first-order valence-electron chi connectivity index (χ1n) is 7.03. The molecule has 0 saturated carbocycles. The van der Waals surface area contributed by atoms with Gasteiger partial charge in [0.1, 0.15) is 0 Å². The van der Waals surface area contributed by atoms with E-state index in [-0.39, 0.29) is 23.9 Å². The summed E-state index contributed by atoms with van der Waals surface area (Å²) >= 11 is 0. The molecule has 1 aromatic carbocycles. The Labute approximate surface area is 115 Å². The first kappa shape index (κ1) is 14.1. The number of hydrogen-bond acceptors (Lipinski definition) is 2. The Morgan fingerprint density at radius 1 is 1.32 bits per heavy atom. The largest absolute Gasteiger partial charge is 0.335 e. The third-order valence-electron chi connectivity index (χ3n) is 3.91. The maximum atomic E-state index is 11.8. The van der Waals surface area contributed by atoms with Crippen LogP contribution in [0.1, 0.15) is 50.8 Å². The molecule has 3 heteroatoms. The van der Waals surface area contributed by atoms with Gasteiger partial charge < -0.3 is 10.6 Å². The van der Waals surface area contributed by atoms with Crippen molar-refractivity contribution in [3.63, 3.8) is 0 Å². The van der Waals surface area contributed by atoms with Crippen LogP contribution in [-0.4, -0.2) is 23.9 Å². The van der Waals surface area contributed by atoms with Crippen molar-refractivity contribution >= 4 is 5.91 Å². The van der Waals surface area contributed by atoms with Crippen LogP contribution in [0.4, 0.5) is 0 Å². The van der Waals surface area contributed by atoms with Gasteiger partial charge >= 0.3 is 0 Å². The van der Waals surface area contributed by atoms with E-state index in [2.05, 4.69) is 45.0 Å². The SMILES string of the molecule is CC(C)(C)c1ccc(C2CCCN2C(=O)CN)cc1. The molecule has 0 radical (unpaired) electrons. The Kier molecular flexibility index (Phi) is 3.95. The van der Waals surface area contributed by atoms with E-state index >= 15 is 0 Å². The Morgan fingerprint density at radius 3 is 2.47 bits per heavy atom. The fraction of sp³-hybridized carbons (Fsp3) is 0.562. The molecule has 1 unspecified atom stereocenters. The van der Waals surface area contributed by atoms with Gasteiger partial charge in [-0.2, -0.15) is 0 Å². The van der Waals surface area contributed by atoms with E-state index in [4.69, 9.17) is 5.73 Å². The number of likely N-dealkylation sites (tertiary alicyclic amines) is 1. The van der Waals surface area contributed by atoms with E-state index in [1.54, 1.807) is 0 Å². The highest BCUT2D eigenvalue weighted by Gasteiger charge is 2.29. The van der Waals surface area contributed by atoms with Crippen LogP contribution >= 0.6 is 0 Å². The minimum atomic E-state index is 0.0578. The van der Waals surface area contributed by atoms with Crippen LogP contribution < -0.4 is 5.73 Å². The zero-order chi connectivity index (χ0) is 14.0. The fourth-order valence-corrected chi connectivity index (χ4v) is 2.73. The van der Waals surface area contributed by atoms with Crippen molar-refractivity contribution in [3.05, 3.63) is 35.4 Å². The molecule has 2 N–H and O–H groups in total. The monoisotopic (exact) mass is 260 g/mol. The third-order valence-corrected chi connectivity index (χ3v) is 3.91. The molecule has 1 atom stereocenters. The van der Waals surface area contributed by atoms with Crippen molar-refractivity contribution in [2.75, 3.05) is 13.1 Å². The molecule has 1 aliphatic rings. The average Bonchev–Trinajstić information content (AvgIpc) is 2.86. The molecule has 2 rings (SSSR count). The van der Waals surface area contributed by atoms with Crippen LogP contribution in [-0.2, 0) is 10.2 Å². The predicted molar refractivity (Wildman–Crippen MR) is 77.9 cm³/mol. The van der Waals surface area contributed by atoms with E-state index in [0.29, 0.717) is 0 Å². The number of hydrogen-bond donors (Lipinski definition) is 1. The Morgan fingerprint density at radius 2 is 1.95 bits per heavy atom. The first-order chi connectivity index (χ1) is 8.93. The molecule has 19 heavy (non-hydrogen) atoms. The van der Waals surface area contributed by atoms with Gasteiger partial charge in [0.2, 0.25) is 5.91 Å².